The van der Waals surface area contributed by atoms with Crippen LogP contribution >= 0.6 is 11.6 Å². The fraction of sp³-hybridized carbons (Fsp3) is 0.414. The summed E-state index contributed by atoms with van der Waals surface area (Å²) in [5.41, 5.74) is 2.65. The Hall–Kier alpha value is -3.18. The molecule has 3 aromatic rings. The molecule has 1 aliphatic heterocycles. The number of fused-ring (bicyclic) bond motifs is 1. The number of hydrogen-bond donors (Lipinski definition) is 2. The molecular formula is C29H31ClN4O3. The number of nitrogens with zero attached hydrogens (tertiary/aromatic N) is 2. The van der Waals surface area contributed by atoms with Crippen molar-refractivity contribution in [3.8, 4) is 11.8 Å². The third-order valence-electron chi connectivity index (χ3n) is 7.04. The molecule has 2 fully saturated rings. The van der Waals surface area contributed by atoms with E-state index in [9.17, 15) is 9.59 Å². The van der Waals surface area contributed by atoms with Crippen molar-refractivity contribution in [2.75, 3.05) is 26.3 Å². The van der Waals surface area contributed by atoms with Crippen LogP contribution in [0.5, 0.6) is 0 Å². The molecule has 2 aliphatic rings. The van der Waals surface area contributed by atoms with Crippen LogP contribution in [0.2, 0.25) is 5.02 Å². The normalized spacial score (nSPS) is 16.8. The molecular weight excluding hydrogens is 488 g/mol. The third-order valence-corrected chi connectivity index (χ3v) is 7.30. The molecule has 2 heterocycles. The first-order chi connectivity index (χ1) is 18.1. The number of H-pyrrole nitrogens is 1. The Morgan fingerprint density at radius 2 is 1.86 bits per heavy atom. The van der Waals surface area contributed by atoms with Gasteiger partial charge in [-0.1, -0.05) is 54.8 Å². The third kappa shape index (κ3) is 6.40. The standard InChI is InChI=1S/C29H31ClN4O3/c30-24-10-7-21(8-11-24)18-31-29(36)27-28(35)25-17-22(19-34-12-14-37-15-13-34)16-23(26(25)32-33-27)9-6-20-4-2-1-3-5-20/h7-8,10-11,16-17,20H,1-5,12-15,18-19H2,(H,31,36)(H,32,35). The monoisotopic (exact) mass is 518 g/mol. The number of nitrogens with one attached hydrogen (secondary N) is 2. The molecule has 7 nitrogen and oxygen atoms in total. The van der Waals surface area contributed by atoms with Crippen molar-refractivity contribution in [3.63, 3.8) is 0 Å². The van der Waals surface area contributed by atoms with Crippen LogP contribution in [0.25, 0.3) is 10.9 Å². The lowest BCUT2D eigenvalue weighted by Crippen LogP contribution is -2.35. The van der Waals surface area contributed by atoms with Crippen LogP contribution in [0, 0.1) is 17.8 Å². The molecule has 2 N–H and O–H groups in total. The lowest BCUT2D eigenvalue weighted by molar-refractivity contribution is 0.0342. The molecule has 1 saturated carbocycles. The van der Waals surface area contributed by atoms with Crippen LogP contribution in [-0.4, -0.2) is 47.3 Å². The van der Waals surface area contributed by atoms with E-state index in [0.717, 1.165) is 42.6 Å². The highest BCUT2D eigenvalue weighted by atomic mass is 35.5. The first-order valence-electron chi connectivity index (χ1n) is 13.0. The molecule has 1 aromatic heterocycles. The number of hydrogen-bond acceptors (Lipinski definition) is 5. The zero-order chi connectivity index (χ0) is 25.6. The van der Waals surface area contributed by atoms with Crippen LogP contribution in [0.1, 0.15) is 59.3 Å². The minimum atomic E-state index is -0.522. The maximum Gasteiger partial charge on any atom is 0.276 e. The lowest BCUT2D eigenvalue weighted by Gasteiger charge is -2.26. The van der Waals surface area contributed by atoms with Crippen LogP contribution in [0.3, 0.4) is 0 Å². The number of aromatic amines is 1. The van der Waals surface area contributed by atoms with Gasteiger partial charge in [-0.05, 0) is 48.2 Å². The van der Waals surface area contributed by atoms with Crippen LogP contribution in [0.4, 0.5) is 0 Å². The van der Waals surface area contributed by atoms with Gasteiger partial charge < -0.3 is 10.1 Å². The van der Waals surface area contributed by atoms with Crippen molar-refractivity contribution < 1.29 is 9.53 Å². The summed E-state index contributed by atoms with van der Waals surface area (Å²) in [5, 5.41) is 11.0. The van der Waals surface area contributed by atoms with E-state index in [0.29, 0.717) is 41.6 Å². The molecule has 0 spiro atoms. The van der Waals surface area contributed by atoms with Gasteiger partial charge in [-0.2, -0.15) is 5.10 Å². The molecule has 0 radical (unpaired) electrons. The van der Waals surface area contributed by atoms with E-state index in [1.165, 1.54) is 19.3 Å². The maximum atomic E-state index is 13.5. The number of amides is 1. The first-order valence-corrected chi connectivity index (χ1v) is 13.3. The Morgan fingerprint density at radius 3 is 2.62 bits per heavy atom. The minimum Gasteiger partial charge on any atom is -0.379 e. The maximum absolute atomic E-state index is 13.5. The molecule has 8 heteroatoms. The summed E-state index contributed by atoms with van der Waals surface area (Å²) >= 11 is 5.94. The van der Waals surface area contributed by atoms with Crippen molar-refractivity contribution >= 4 is 28.4 Å². The van der Waals surface area contributed by atoms with E-state index >= 15 is 0 Å². The average molecular weight is 519 g/mol. The van der Waals surface area contributed by atoms with Crippen molar-refractivity contribution in [1.82, 2.24) is 20.4 Å². The van der Waals surface area contributed by atoms with Gasteiger partial charge in [0.15, 0.2) is 5.69 Å². The predicted molar refractivity (Wildman–Crippen MR) is 145 cm³/mol. The number of aromatic nitrogens is 2. The van der Waals surface area contributed by atoms with Crippen molar-refractivity contribution in [2.24, 2.45) is 5.92 Å². The van der Waals surface area contributed by atoms with Crippen LogP contribution in [-0.2, 0) is 17.8 Å². The van der Waals surface area contributed by atoms with E-state index < -0.39 is 11.3 Å². The second-order valence-corrected chi connectivity index (χ2v) is 10.2. The number of rotatable bonds is 5. The zero-order valence-corrected chi connectivity index (χ0v) is 21.6. The van der Waals surface area contributed by atoms with Crippen LogP contribution in [0.15, 0.2) is 41.2 Å². The first kappa shape index (κ1) is 25.5. The van der Waals surface area contributed by atoms with Gasteiger partial charge in [0.05, 0.1) is 29.7 Å². The summed E-state index contributed by atoms with van der Waals surface area (Å²) in [7, 11) is 0. The van der Waals surface area contributed by atoms with Gasteiger partial charge >= 0.3 is 0 Å². The Balaban J connectivity index is 1.46. The van der Waals surface area contributed by atoms with Crippen molar-refractivity contribution in [3.05, 3.63) is 74.0 Å². The molecule has 192 valence electrons. The highest BCUT2D eigenvalue weighted by molar-refractivity contribution is 6.30. The zero-order valence-electron chi connectivity index (χ0n) is 20.8. The average Bonchev–Trinajstić information content (AvgIpc) is 2.93. The van der Waals surface area contributed by atoms with Gasteiger partial charge in [-0.25, -0.2) is 0 Å². The molecule has 0 atom stereocenters. The minimum absolute atomic E-state index is 0.156. The van der Waals surface area contributed by atoms with E-state index in [4.69, 9.17) is 16.3 Å². The summed E-state index contributed by atoms with van der Waals surface area (Å²) in [4.78, 5) is 28.7. The number of carbonyl (C=O) groups excluding carboxylic acids is 1. The number of ether oxygens (including phenoxy) is 1. The molecule has 2 aromatic carbocycles. The molecule has 37 heavy (non-hydrogen) atoms. The Morgan fingerprint density at radius 1 is 1.11 bits per heavy atom. The number of halogens is 1. The van der Waals surface area contributed by atoms with Gasteiger partial charge in [0.2, 0.25) is 5.43 Å². The second-order valence-electron chi connectivity index (χ2n) is 9.77. The van der Waals surface area contributed by atoms with E-state index in [-0.39, 0.29) is 12.2 Å². The smallest absolute Gasteiger partial charge is 0.276 e. The lowest BCUT2D eigenvalue weighted by atomic mass is 9.89. The van der Waals surface area contributed by atoms with E-state index in [1.807, 2.05) is 24.3 Å². The molecule has 1 saturated heterocycles. The molecule has 1 amide bonds. The highest BCUT2D eigenvalue weighted by Gasteiger charge is 2.19. The summed E-state index contributed by atoms with van der Waals surface area (Å²) < 4.78 is 5.48. The van der Waals surface area contributed by atoms with Crippen molar-refractivity contribution in [1.29, 1.82) is 0 Å². The number of morpholine rings is 1. The summed E-state index contributed by atoms with van der Waals surface area (Å²) in [6, 6.07) is 11.1. The van der Waals surface area contributed by atoms with Gasteiger partial charge in [-0.15, -0.1) is 0 Å². The van der Waals surface area contributed by atoms with Crippen molar-refractivity contribution in [2.45, 2.75) is 45.2 Å². The van der Waals surface area contributed by atoms with Gasteiger partial charge in [0, 0.05) is 37.1 Å². The van der Waals surface area contributed by atoms with Gasteiger partial charge in [0.25, 0.3) is 5.91 Å². The number of carbonyl (C=O) groups is 1. The fourth-order valence-corrected chi connectivity index (χ4v) is 5.07. The molecule has 0 bridgehead atoms. The quantitative estimate of drug-likeness (QED) is 0.492. The Bertz CT molecular complexity index is 1380. The summed E-state index contributed by atoms with van der Waals surface area (Å²) in [6.45, 7) is 4.04. The van der Waals surface area contributed by atoms with E-state index in [1.54, 1.807) is 12.1 Å². The molecule has 0 unspecified atom stereocenters. The molecule has 5 rings (SSSR count). The second kappa shape index (κ2) is 11.9. The topological polar surface area (TPSA) is 87.3 Å². The van der Waals surface area contributed by atoms with E-state index in [2.05, 4.69) is 32.3 Å². The largest absolute Gasteiger partial charge is 0.379 e. The fourth-order valence-electron chi connectivity index (χ4n) is 4.95. The Kier molecular flexibility index (Phi) is 8.20. The Labute approximate surface area is 221 Å². The van der Waals surface area contributed by atoms with Crippen LogP contribution < -0.4 is 10.7 Å². The predicted octanol–water partition coefficient (Wildman–Crippen LogP) is 4.27. The summed E-state index contributed by atoms with van der Waals surface area (Å²) in [6.07, 6.45) is 5.93. The SMILES string of the molecule is O=C(NCc1ccc(Cl)cc1)c1n[nH]c2c(C#CC3CCCCC3)cc(CN3CCOCC3)cc2c1=O. The summed E-state index contributed by atoms with van der Waals surface area (Å²) in [5.74, 6) is 6.64. The molecule has 1 aliphatic carbocycles. The highest BCUT2D eigenvalue weighted by Crippen LogP contribution is 2.24. The van der Waals surface area contributed by atoms with Gasteiger partial charge in [0.1, 0.15) is 0 Å². The number of benzene rings is 2. The van der Waals surface area contributed by atoms with Gasteiger partial charge in [-0.3, -0.25) is 19.6 Å².